The van der Waals surface area contributed by atoms with Crippen LogP contribution in [0.5, 0.6) is 11.5 Å². The molecule has 3 rings (SSSR count). The van der Waals surface area contributed by atoms with Crippen molar-refractivity contribution in [2.24, 2.45) is 5.10 Å². The van der Waals surface area contributed by atoms with E-state index in [0.717, 1.165) is 6.07 Å². The zero-order valence-corrected chi connectivity index (χ0v) is 19.5. The van der Waals surface area contributed by atoms with Gasteiger partial charge in [0.15, 0.2) is 11.5 Å². The van der Waals surface area contributed by atoms with Gasteiger partial charge in [0.05, 0.1) is 43.3 Å². The summed E-state index contributed by atoms with van der Waals surface area (Å²) in [6.07, 6.45) is 0.863. The number of nitrogens with one attached hydrogen (secondary N) is 1. The minimum atomic E-state index is -4.05. The number of hydrogen-bond donors (Lipinski definition) is 1. The molecule has 0 amide bonds. The maximum atomic E-state index is 13.4. The first-order valence-electron chi connectivity index (χ1n) is 10.1. The summed E-state index contributed by atoms with van der Waals surface area (Å²) in [5.74, 6) is 1.07. The molecule has 2 aromatic carbocycles. The molecule has 1 saturated heterocycles. The van der Waals surface area contributed by atoms with Gasteiger partial charge in [-0.05, 0) is 43.7 Å². The lowest BCUT2D eigenvalue weighted by atomic mass is 10.2. The van der Waals surface area contributed by atoms with E-state index in [0.29, 0.717) is 17.1 Å². The Bertz CT molecular complexity index is 1140. The fraction of sp³-hybridized carbons (Fsp3) is 0.381. The molecule has 0 unspecified atom stereocenters. The fourth-order valence-electron chi connectivity index (χ4n) is 3.51. The normalized spacial score (nSPS) is 19.4. The van der Waals surface area contributed by atoms with Crippen molar-refractivity contribution in [3.05, 3.63) is 52.1 Å². The van der Waals surface area contributed by atoms with Gasteiger partial charge in [-0.25, -0.2) is 8.42 Å². The molecule has 12 heteroatoms. The van der Waals surface area contributed by atoms with E-state index in [9.17, 15) is 18.5 Å². The third-order valence-electron chi connectivity index (χ3n) is 4.99. The van der Waals surface area contributed by atoms with Gasteiger partial charge in [0, 0.05) is 25.2 Å². The Morgan fingerprint density at radius 3 is 2.39 bits per heavy atom. The minimum Gasteiger partial charge on any atom is -0.493 e. The Hall–Kier alpha value is -3.22. The number of hydrogen-bond acceptors (Lipinski definition) is 9. The van der Waals surface area contributed by atoms with Crippen LogP contribution >= 0.6 is 0 Å². The standard InChI is InChI=1S/C21H26N4O7S/c1-14-12-24(13-15(2)32-14)33(28,29)21-10-17(25(26)27)6-7-18(21)23-22-11-16-5-8-19(30-3)20(9-16)31-4/h5-11,14-15,23H,12-13H2,1-4H3/b22-11-/t14-,15+. The van der Waals surface area contributed by atoms with Crippen LogP contribution in [0.4, 0.5) is 11.4 Å². The minimum absolute atomic E-state index is 0.115. The van der Waals surface area contributed by atoms with E-state index in [1.807, 2.05) is 0 Å². The first-order valence-corrected chi connectivity index (χ1v) is 11.5. The summed E-state index contributed by atoms with van der Waals surface area (Å²) in [7, 11) is -1.01. The molecule has 1 aliphatic heterocycles. The van der Waals surface area contributed by atoms with E-state index in [1.165, 1.54) is 36.9 Å². The highest BCUT2D eigenvalue weighted by Gasteiger charge is 2.34. The molecule has 33 heavy (non-hydrogen) atoms. The second-order valence-electron chi connectivity index (χ2n) is 7.50. The topological polar surface area (TPSA) is 133 Å². The van der Waals surface area contributed by atoms with Crippen LogP contribution < -0.4 is 14.9 Å². The van der Waals surface area contributed by atoms with Crippen molar-refractivity contribution < 1.29 is 27.6 Å². The Morgan fingerprint density at radius 1 is 1.12 bits per heavy atom. The van der Waals surface area contributed by atoms with Gasteiger partial charge in [0.2, 0.25) is 10.0 Å². The Labute approximate surface area is 192 Å². The highest BCUT2D eigenvalue weighted by molar-refractivity contribution is 7.89. The summed E-state index contributed by atoms with van der Waals surface area (Å²) < 4.78 is 44.1. The van der Waals surface area contributed by atoms with E-state index in [-0.39, 0.29) is 41.6 Å². The molecule has 1 N–H and O–H groups in total. The molecule has 1 fully saturated rings. The van der Waals surface area contributed by atoms with Crippen LogP contribution in [0.2, 0.25) is 0 Å². The number of nitrogens with zero attached hydrogens (tertiary/aromatic N) is 3. The molecule has 11 nitrogen and oxygen atoms in total. The number of methoxy groups -OCH3 is 2. The average molecular weight is 479 g/mol. The fourth-order valence-corrected chi connectivity index (χ4v) is 5.26. The van der Waals surface area contributed by atoms with Gasteiger partial charge in [-0.15, -0.1) is 0 Å². The molecule has 2 atom stereocenters. The summed E-state index contributed by atoms with van der Waals surface area (Å²) in [4.78, 5) is 10.4. The van der Waals surface area contributed by atoms with E-state index in [2.05, 4.69) is 10.5 Å². The number of ether oxygens (including phenoxy) is 3. The number of morpholine rings is 1. The summed E-state index contributed by atoms with van der Waals surface area (Å²) >= 11 is 0. The number of nitro groups is 1. The third-order valence-corrected chi connectivity index (χ3v) is 6.86. The van der Waals surface area contributed by atoms with E-state index >= 15 is 0 Å². The van der Waals surface area contributed by atoms with Crippen LogP contribution in [0.1, 0.15) is 19.4 Å². The molecular weight excluding hydrogens is 452 g/mol. The van der Waals surface area contributed by atoms with E-state index < -0.39 is 14.9 Å². The van der Waals surface area contributed by atoms with Crippen LogP contribution in [0.15, 0.2) is 46.4 Å². The first kappa shape index (κ1) is 24.4. The van der Waals surface area contributed by atoms with Gasteiger partial charge in [-0.3, -0.25) is 15.5 Å². The van der Waals surface area contributed by atoms with Crippen molar-refractivity contribution in [1.29, 1.82) is 0 Å². The maximum absolute atomic E-state index is 13.4. The van der Waals surface area contributed by atoms with Crippen molar-refractivity contribution in [1.82, 2.24) is 4.31 Å². The van der Waals surface area contributed by atoms with E-state index in [4.69, 9.17) is 14.2 Å². The maximum Gasteiger partial charge on any atom is 0.270 e. The van der Waals surface area contributed by atoms with Crippen molar-refractivity contribution in [3.8, 4) is 11.5 Å². The number of benzene rings is 2. The number of anilines is 1. The highest BCUT2D eigenvalue weighted by Crippen LogP contribution is 2.31. The molecular formula is C21H26N4O7S. The molecule has 0 spiro atoms. The third kappa shape index (κ3) is 5.59. The predicted molar refractivity (Wildman–Crippen MR) is 123 cm³/mol. The van der Waals surface area contributed by atoms with Gasteiger partial charge in [0.1, 0.15) is 4.90 Å². The predicted octanol–water partition coefficient (Wildman–Crippen LogP) is 2.86. The summed E-state index contributed by atoms with van der Waals surface area (Å²) in [5, 5.41) is 15.4. The molecule has 0 bridgehead atoms. The van der Waals surface area contributed by atoms with Gasteiger partial charge < -0.3 is 14.2 Å². The van der Waals surface area contributed by atoms with Crippen LogP contribution in [0.3, 0.4) is 0 Å². The quantitative estimate of drug-likeness (QED) is 0.348. The highest BCUT2D eigenvalue weighted by atomic mass is 32.2. The van der Waals surface area contributed by atoms with Crippen molar-refractivity contribution in [2.45, 2.75) is 31.0 Å². The SMILES string of the molecule is COc1ccc(/C=N\Nc2ccc([N+](=O)[O-])cc2S(=O)(=O)N2C[C@@H](C)O[C@@H](C)C2)cc1OC. The lowest BCUT2D eigenvalue weighted by Gasteiger charge is -2.34. The largest absolute Gasteiger partial charge is 0.493 e. The Kier molecular flexibility index (Phi) is 7.51. The number of nitro benzene ring substituents is 1. The van der Waals surface area contributed by atoms with Crippen LogP contribution in [-0.2, 0) is 14.8 Å². The van der Waals surface area contributed by atoms with Gasteiger partial charge in [-0.2, -0.15) is 9.41 Å². The van der Waals surface area contributed by atoms with Crippen LogP contribution in [0.25, 0.3) is 0 Å². The van der Waals surface area contributed by atoms with Gasteiger partial charge in [0.25, 0.3) is 5.69 Å². The lowest BCUT2D eigenvalue weighted by molar-refractivity contribution is -0.385. The van der Waals surface area contributed by atoms with Crippen molar-refractivity contribution >= 4 is 27.6 Å². The van der Waals surface area contributed by atoms with Crippen molar-refractivity contribution in [3.63, 3.8) is 0 Å². The monoisotopic (exact) mass is 478 g/mol. The molecule has 178 valence electrons. The summed E-state index contributed by atoms with van der Waals surface area (Å²) in [6.45, 7) is 3.84. The zero-order chi connectivity index (χ0) is 24.2. The number of sulfonamides is 1. The second kappa shape index (κ2) is 10.1. The molecule has 0 saturated carbocycles. The second-order valence-corrected chi connectivity index (χ2v) is 9.41. The van der Waals surface area contributed by atoms with Crippen molar-refractivity contribution in [2.75, 3.05) is 32.7 Å². The Morgan fingerprint density at radius 2 is 1.79 bits per heavy atom. The zero-order valence-electron chi connectivity index (χ0n) is 18.7. The van der Waals surface area contributed by atoms with Gasteiger partial charge in [-0.1, -0.05) is 0 Å². The smallest absolute Gasteiger partial charge is 0.270 e. The number of rotatable bonds is 8. The molecule has 0 radical (unpaired) electrons. The number of non-ortho nitro benzene ring substituents is 1. The first-order chi connectivity index (χ1) is 15.6. The molecule has 1 aliphatic rings. The summed E-state index contributed by atoms with van der Waals surface area (Å²) in [5.41, 5.74) is 3.15. The lowest BCUT2D eigenvalue weighted by Crippen LogP contribution is -2.48. The van der Waals surface area contributed by atoms with Crippen LogP contribution in [-0.4, -0.2) is 63.4 Å². The van der Waals surface area contributed by atoms with Crippen LogP contribution in [0, 0.1) is 10.1 Å². The molecule has 2 aromatic rings. The molecule has 0 aliphatic carbocycles. The number of hydrazone groups is 1. The van der Waals surface area contributed by atoms with E-state index in [1.54, 1.807) is 32.0 Å². The summed E-state index contributed by atoms with van der Waals surface area (Å²) in [6, 6.07) is 8.74. The molecule has 1 heterocycles. The molecule has 0 aromatic heterocycles. The Balaban J connectivity index is 1.93. The van der Waals surface area contributed by atoms with Gasteiger partial charge >= 0.3 is 0 Å². The average Bonchev–Trinajstić information content (AvgIpc) is 2.78.